The second-order valence-electron chi connectivity index (χ2n) is 5.40. The first-order chi connectivity index (χ1) is 9.78. The van der Waals surface area contributed by atoms with E-state index >= 15 is 0 Å². The van der Waals surface area contributed by atoms with Crippen LogP contribution in [0.2, 0.25) is 0 Å². The minimum absolute atomic E-state index is 0.355. The van der Waals surface area contributed by atoms with Gasteiger partial charge in [0.1, 0.15) is 5.82 Å². The topological polar surface area (TPSA) is 28.2 Å². The standard InChI is InChI=1S/C17H21N3/c1-13(18-2)15-7-9-19-17(11-15)20-10-8-14-5-3-4-6-16(14)12-20/h3-7,9,11,13,18H,8,10,12H2,1-2H3. The molecule has 1 aromatic heterocycles. The molecule has 2 aromatic rings. The van der Waals surface area contributed by atoms with Crippen LogP contribution in [-0.4, -0.2) is 18.6 Å². The molecular formula is C17H21N3. The number of aromatic nitrogens is 1. The number of benzene rings is 1. The van der Waals surface area contributed by atoms with Crippen molar-refractivity contribution in [2.75, 3.05) is 18.5 Å². The van der Waals surface area contributed by atoms with E-state index in [-0.39, 0.29) is 0 Å². The molecule has 0 amide bonds. The number of hydrogen-bond acceptors (Lipinski definition) is 3. The van der Waals surface area contributed by atoms with Gasteiger partial charge in [-0.1, -0.05) is 24.3 Å². The van der Waals surface area contributed by atoms with Crippen LogP contribution in [0.4, 0.5) is 5.82 Å². The largest absolute Gasteiger partial charge is 0.352 e. The van der Waals surface area contributed by atoms with E-state index in [9.17, 15) is 0 Å². The molecule has 1 N–H and O–H groups in total. The third kappa shape index (κ3) is 2.54. The Morgan fingerprint density at radius 3 is 2.80 bits per heavy atom. The van der Waals surface area contributed by atoms with Gasteiger partial charge < -0.3 is 10.2 Å². The van der Waals surface area contributed by atoms with Crippen LogP contribution < -0.4 is 10.2 Å². The Bertz CT molecular complexity index is 594. The lowest BCUT2D eigenvalue weighted by Gasteiger charge is -2.30. The Morgan fingerprint density at radius 2 is 2.00 bits per heavy atom. The van der Waals surface area contributed by atoms with E-state index in [0.717, 1.165) is 25.3 Å². The number of anilines is 1. The lowest BCUT2D eigenvalue weighted by molar-refractivity contribution is 0.649. The smallest absolute Gasteiger partial charge is 0.129 e. The Kier molecular flexibility index (Phi) is 3.70. The maximum atomic E-state index is 4.55. The van der Waals surface area contributed by atoms with Gasteiger partial charge >= 0.3 is 0 Å². The highest BCUT2D eigenvalue weighted by atomic mass is 15.2. The lowest BCUT2D eigenvalue weighted by Crippen LogP contribution is -2.31. The fourth-order valence-electron chi connectivity index (χ4n) is 2.73. The molecule has 1 aliphatic heterocycles. The molecule has 1 unspecified atom stereocenters. The van der Waals surface area contributed by atoms with Crippen LogP contribution in [0.1, 0.15) is 29.7 Å². The van der Waals surface area contributed by atoms with E-state index in [1.165, 1.54) is 16.7 Å². The highest BCUT2D eigenvalue weighted by Crippen LogP contribution is 2.24. The molecular weight excluding hydrogens is 246 g/mol. The van der Waals surface area contributed by atoms with Crippen LogP contribution in [0, 0.1) is 0 Å². The van der Waals surface area contributed by atoms with Crippen molar-refractivity contribution in [3.63, 3.8) is 0 Å². The summed E-state index contributed by atoms with van der Waals surface area (Å²) in [5.41, 5.74) is 4.19. The summed E-state index contributed by atoms with van der Waals surface area (Å²) < 4.78 is 0. The highest BCUT2D eigenvalue weighted by molar-refractivity contribution is 5.46. The van der Waals surface area contributed by atoms with E-state index in [1.807, 2.05) is 13.2 Å². The third-order valence-corrected chi connectivity index (χ3v) is 4.16. The predicted octanol–water partition coefficient (Wildman–Crippen LogP) is 2.92. The zero-order chi connectivity index (χ0) is 13.9. The molecule has 1 aliphatic rings. The number of nitrogens with zero attached hydrogens (tertiary/aromatic N) is 2. The van der Waals surface area contributed by atoms with Crippen LogP contribution >= 0.6 is 0 Å². The van der Waals surface area contributed by atoms with Crippen LogP contribution in [-0.2, 0) is 13.0 Å². The Morgan fingerprint density at radius 1 is 1.20 bits per heavy atom. The predicted molar refractivity (Wildman–Crippen MR) is 82.9 cm³/mol. The molecule has 0 saturated heterocycles. The van der Waals surface area contributed by atoms with Gasteiger partial charge in [-0.25, -0.2) is 4.98 Å². The summed E-state index contributed by atoms with van der Waals surface area (Å²) >= 11 is 0. The van der Waals surface area contributed by atoms with Gasteiger partial charge in [-0.05, 0) is 49.2 Å². The van der Waals surface area contributed by atoms with Gasteiger partial charge in [0.15, 0.2) is 0 Å². The monoisotopic (exact) mass is 267 g/mol. The van der Waals surface area contributed by atoms with Crippen molar-refractivity contribution in [3.8, 4) is 0 Å². The van der Waals surface area contributed by atoms with Gasteiger partial charge in [0.25, 0.3) is 0 Å². The number of rotatable bonds is 3. The summed E-state index contributed by atoms with van der Waals surface area (Å²) in [4.78, 5) is 6.92. The summed E-state index contributed by atoms with van der Waals surface area (Å²) in [5.74, 6) is 1.08. The van der Waals surface area contributed by atoms with Crippen molar-refractivity contribution in [1.29, 1.82) is 0 Å². The molecule has 0 spiro atoms. The summed E-state index contributed by atoms with van der Waals surface area (Å²) in [6.07, 6.45) is 3.02. The second kappa shape index (κ2) is 5.63. The van der Waals surface area contributed by atoms with Gasteiger partial charge in [0.2, 0.25) is 0 Å². The van der Waals surface area contributed by atoms with Crippen molar-refractivity contribution in [2.24, 2.45) is 0 Å². The molecule has 2 heterocycles. The summed E-state index contributed by atoms with van der Waals surface area (Å²) in [6, 6.07) is 13.4. The maximum absolute atomic E-state index is 4.55. The van der Waals surface area contributed by atoms with Crippen LogP contribution in [0.3, 0.4) is 0 Å². The quantitative estimate of drug-likeness (QED) is 0.927. The average molecular weight is 267 g/mol. The van der Waals surface area contributed by atoms with E-state index in [4.69, 9.17) is 0 Å². The molecule has 0 bridgehead atoms. The van der Waals surface area contributed by atoms with Gasteiger partial charge in [-0.3, -0.25) is 0 Å². The van der Waals surface area contributed by atoms with Crippen molar-refractivity contribution >= 4 is 5.82 Å². The summed E-state index contributed by atoms with van der Waals surface area (Å²) in [6.45, 7) is 4.17. The number of nitrogens with one attached hydrogen (secondary N) is 1. The maximum Gasteiger partial charge on any atom is 0.129 e. The number of pyridine rings is 1. The van der Waals surface area contributed by atoms with Crippen molar-refractivity contribution in [1.82, 2.24) is 10.3 Å². The zero-order valence-electron chi connectivity index (χ0n) is 12.1. The summed E-state index contributed by atoms with van der Waals surface area (Å²) in [5, 5.41) is 3.28. The first-order valence-electron chi connectivity index (χ1n) is 7.23. The molecule has 3 heteroatoms. The lowest BCUT2D eigenvalue weighted by atomic mass is 10.00. The minimum Gasteiger partial charge on any atom is -0.352 e. The molecule has 0 aliphatic carbocycles. The van der Waals surface area contributed by atoms with Crippen LogP contribution in [0.5, 0.6) is 0 Å². The Hall–Kier alpha value is -1.87. The molecule has 0 saturated carbocycles. The molecule has 3 rings (SSSR count). The fourth-order valence-corrected chi connectivity index (χ4v) is 2.73. The normalized spacial score (nSPS) is 15.8. The Balaban J connectivity index is 1.84. The molecule has 1 atom stereocenters. The molecule has 0 fully saturated rings. The van der Waals surface area contributed by atoms with E-state index < -0.39 is 0 Å². The minimum atomic E-state index is 0.355. The van der Waals surface area contributed by atoms with Crippen molar-refractivity contribution in [3.05, 3.63) is 59.3 Å². The van der Waals surface area contributed by atoms with Crippen molar-refractivity contribution in [2.45, 2.75) is 25.9 Å². The van der Waals surface area contributed by atoms with E-state index in [0.29, 0.717) is 6.04 Å². The Labute approximate surface area is 120 Å². The highest BCUT2D eigenvalue weighted by Gasteiger charge is 2.17. The van der Waals surface area contributed by atoms with Crippen LogP contribution in [0.25, 0.3) is 0 Å². The average Bonchev–Trinajstić information content (AvgIpc) is 2.53. The molecule has 0 radical (unpaired) electrons. The first kappa shape index (κ1) is 13.1. The third-order valence-electron chi connectivity index (χ3n) is 4.16. The number of fused-ring (bicyclic) bond motifs is 1. The number of hydrogen-bond donors (Lipinski definition) is 1. The molecule has 104 valence electrons. The van der Waals surface area contributed by atoms with E-state index in [2.05, 4.69) is 58.5 Å². The van der Waals surface area contributed by atoms with E-state index in [1.54, 1.807) is 0 Å². The van der Waals surface area contributed by atoms with Gasteiger partial charge in [-0.15, -0.1) is 0 Å². The second-order valence-corrected chi connectivity index (χ2v) is 5.40. The molecule has 3 nitrogen and oxygen atoms in total. The van der Waals surface area contributed by atoms with Crippen molar-refractivity contribution < 1.29 is 0 Å². The van der Waals surface area contributed by atoms with Gasteiger partial charge in [0.05, 0.1) is 0 Å². The SMILES string of the molecule is CNC(C)c1ccnc(N2CCc3ccccc3C2)c1. The van der Waals surface area contributed by atoms with Gasteiger partial charge in [0, 0.05) is 25.3 Å². The summed E-state index contributed by atoms with van der Waals surface area (Å²) in [7, 11) is 1.99. The molecule has 1 aromatic carbocycles. The first-order valence-corrected chi connectivity index (χ1v) is 7.23. The molecule has 20 heavy (non-hydrogen) atoms. The van der Waals surface area contributed by atoms with Crippen LogP contribution in [0.15, 0.2) is 42.6 Å². The van der Waals surface area contributed by atoms with Gasteiger partial charge in [-0.2, -0.15) is 0 Å². The fraction of sp³-hybridized carbons (Fsp3) is 0.353. The zero-order valence-corrected chi connectivity index (χ0v) is 12.1.